The van der Waals surface area contributed by atoms with Crippen molar-refractivity contribution in [3.8, 4) is 11.5 Å². The van der Waals surface area contributed by atoms with Crippen LogP contribution in [0.1, 0.15) is 11.7 Å². The van der Waals surface area contributed by atoms with Crippen LogP contribution in [-0.2, 0) is 0 Å². The number of aliphatic hydroxyl groups excluding tert-OH is 1. The highest BCUT2D eigenvalue weighted by molar-refractivity contribution is 6.31. The van der Waals surface area contributed by atoms with Crippen molar-refractivity contribution in [1.29, 1.82) is 0 Å². The number of nitrogens with two attached hydrogens (primary N) is 1. The number of hydrogen-bond donors (Lipinski definition) is 4. The van der Waals surface area contributed by atoms with Gasteiger partial charge in [0.25, 0.3) is 0 Å². The Morgan fingerprint density at radius 3 is 2.57 bits per heavy atom. The molecule has 0 aliphatic rings. The van der Waals surface area contributed by atoms with Gasteiger partial charge in [0.2, 0.25) is 0 Å². The second-order valence-corrected chi connectivity index (χ2v) is 3.11. The molecule has 5 N–H and O–H groups in total. The molecular weight excluding hydrogens is 213 g/mol. The summed E-state index contributed by atoms with van der Waals surface area (Å²) in [6, 6.07) is 0.846. The summed E-state index contributed by atoms with van der Waals surface area (Å²) < 4.78 is 13.3. The zero-order chi connectivity index (χ0) is 10.9. The van der Waals surface area contributed by atoms with E-state index in [0.29, 0.717) is 0 Å². The number of aromatic hydroxyl groups is 2. The minimum atomic E-state index is -1.40. The van der Waals surface area contributed by atoms with E-state index in [1.807, 2.05) is 0 Å². The molecule has 0 radical (unpaired) electrons. The topological polar surface area (TPSA) is 86.7 Å². The molecule has 0 bridgehead atoms. The van der Waals surface area contributed by atoms with Crippen LogP contribution in [-0.4, -0.2) is 21.9 Å². The summed E-state index contributed by atoms with van der Waals surface area (Å²) in [5.41, 5.74) is 4.60. The molecule has 1 aromatic carbocycles. The van der Waals surface area contributed by atoms with E-state index in [9.17, 15) is 14.6 Å². The van der Waals surface area contributed by atoms with Gasteiger partial charge in [-0.1, -0.05) is 11.6 Å². The summed E-state index contributed by atoms with van der Waals surface area (Å²) in [4.78, 5) is 0. The summed E-state index contributed by atoms with van der Waals surface area (Å²) in [6.45, 7) is -0.287. The first-order valence-electron chi connectivity index (χ1n) is 3.77. The quantitative estimate of drug-likeness (QED) is 0.559. The van der Waals surface area contributed by atoms with Crippen molar-refractivity contribution < 1.29 is 19.7 Å². The van der Waals surface area contributed by atoms with Gasteiger partial charge in [-0.2, -0.15) is 0 Å². The monoisotopic (exact) mass is 221 g/mol. The highest BCUT2D eigenvalue weighted by Crippen LogP contribution is 2.38. The minimum absolute atomic E-state index is 0.287. The third kappa shape index (κ3) is 1.75. The van der Waals surface area contributed by atoms with Gasteiger partial charge in [-0.25, -0.2) is 4.39 Å². The van der Waals surface area contributed by atoms with Crippen LogP contribution in [0, 0.1) is 5.82 Å². The average Bonchev–Trinajstić information content (AvgIpc) is 2.15. The Bertz CT molecular complexity index is 333. The van der Waals surface area contributed by atoms with Gasteiger partial charge < -0.3 is 21.1 Å². The summed E-state index contributed by atoms with van der Waals surface area (Å²) in [7, 11) is 0. The van der Waals surface area contributed by atoms with E-state index in [4.69, 9.17) is 22.4 Å². The standard InChI is InChI=1S/C8H9ClFNO3/c9-3-1-4(12)8(14)6(7(3)10)5(13)2-11/h1,5,12-14H,2,11H2. The van der Waals surface area contributed by atoms with Gasteiger partial charge in [0.15, 0.2) is 17.3 Å². The SMILES string of the molecule is NCC(O)c1c(O)c(O)cc(Cl)c1F. The summed E-state index contributed by atoms with van der Waals surface area (Å²) in [5, 5.41) is 27.2. The molecule has 0 aromatic heterocycles. The molecule has 1 atom stereocenters. The molecular formula is C8H9ClFNO3. The van der Waals surface area contributed by atoms with Gasteiger partial charge in [0, 0.05) is 12.6 Å². The minimum Gasteiger partial charge on any atom is -0.504 e. The molecule has 0 aliphatic carbocycles. The molecule has 78 valence electrons. The predicted octanol–water partition coefficient (Wildman–Crippen LogP) is 0.882. The lowest BCUT2D eigenvalue weighted by Crippen LogP contribution is -2.13. The van der Waals surface area contributed by atoms with Crippen LogP contribution in [0.5, 0.6) is 11.5 Å². The Morgan fingerprint density at radius 2 is 2.07 bits per heavy atom. The first-order chi connectivity index (χ1) is 6.49. The second kappa shape index (κ2) is 4.00. The van der Waals surface area contributed by atoms with Crippen molar-refractivity contribution in [3.05, 3.63) is 22.5 Å². The number of benzene rings is 1. The number of aliphatic hydroxyl groups is 1. The van der Waals surface area contributed by atoms with E-state index in [1.165, 1.54) is 0 Å². The number of hydrogen-bond acceptors (Lipinski definition) is 4. The molecule has 6 heteroatoms. The van der Waals surface area contributed by atoms with E-state index in [0.717, 1.165) is 6.07 Å². The molecule has 0 spiro atoms. The lowest BCUT2D eigenvalue weighted by atomic mass is 10.1. The van der Waals surface area contributed by atoms with E-state index >= 15 is 0 Å². The molecule has 1 aromatic rings. The maximum atomic E-state index is 13.3. The van der Waals surface area contributed by atoms with E-state index in [2.05, 4.69) is 0 Å². The van der Waals surface area contributed by atoms with Crippen LogP contribution in [0.25, 0.3) is 0 Å². The smallest absolute Gasteiger partial charge is 0.166 e. The molecule has 14 heavy (non-hydrogen) atoms. The zero-order valence-corrected chi connectivity index (χ0v) is 7.79. The van der Waals surface area contributed by atoms with Crippen molar-refractivity contribution in [1.82, 2.24) is 0 Å². The Hall–Kier alpha value is -1.04. The van der Waals surface area contributed by atoms with Gasteiger partial charge >= 0.3 is 0 Å². The van der Waals surface area contributed by atoms with Crippen molar-refractivity contribution in [2.45, 2.75) is 6.10 Å². The average molecular weight is 222 g/mol. The summed E-state index contributed by atoms with van der Waals surface area (Å²) in [5.74, 6) is -2.33. The summed E-state index contributed by atoms with van der Waals surface area (Å²) in [6.07, 6.45) is -1.40. The number of phenols is 2. The molecule has 4 nitrogen and oxygen atoms in total. The highest BCUT2D eigenvalue weighted by atomic mass is 35.5. The molecule has 0 saturated carbocycles. The fourth-order valence-corrected chi connectivity index (χ4v) is 1.25. The van der Waals surface area contributed by atoms with Crippen LogP contribution >= 0.6 is 11.6 Å². The molecule has 0 fully saturated rings. The number of halogens is 2. The maximum absolute atomic E-state index is 13.3. The molecule has 0 saturated heterocycles. The number of rotatable bonds is 2. The molecule has 0 heterocycles. The van der Waals surface area contributed by atoms with E-state index in [-0.39, 0.29) is 11.6 Å². The second-order valence-electron chi connectivity index (χ2n) is 2.71. The van der Waals surface area contributed by atoms with E-state index in [1.54, 1.807) is 0 Å². The van der Waals surface area contributed by atoms with Gasteiger partial charge in [0.1, 0.15) is 0 Å². The first kappa shape index (κ1) is 11.0. The normalized spacial score (nSPS) is 12.9. The largest absolute Gasteiger partial charge is 0.504 e. The van der Waals surface area contributed by atoms with Crippen LogP contribution < -0.4 is 5.73 Å². The van der Waals surface area contributed by atoms with Crippen LogP contribution in [0.4, 0.5) is 4.39 Å². The van der Waals surface area contributed by atoms with E-state index < -0.39 is 29.0 Å². The molecule has 0 aliphatic heterocycles. The maximum Gasteiger partial charge on any atom is 0.166 e. The Balaban J connectivity index is 3.39. The Morgan fingerprint density at radius 1 is 1.50 bits per heavy atom. The predicted molar refractivity (Wildman–Crippen MR) is 48.8 cm³/mol. The lowest BCUT2D eigenvalue weighted by Gasteiger charge is -2.13. The number of phenolic OH excluding ortho intramolecular Hbond substituents is 2. The Labute approximate surface area is 84.4 Å². The molecule has 1 rings (SSSR count). The van der Waals surface area contributed by atoms with Crippen molar-refractivity contribution in [3.63, 3.8) is 0 Å². The van der Waals surface area contributed by atoms with Gasteiger partial charge in [-0.3, -0.25) is 0 Å². The third-order valence-corrected chi connectivity index (χ3v) is 2.04. The summed E-state index contributed by atoms with van der Waals surface area (Å²) >= 11 is 5.39. The third-order valence-electron chi connectivity index (χ3n) is 1.76. The van der Waals surface area contributed by atoms with Crippen molar-refractivity contribution in [2.24, 2.45) is 5.73 Å². The van der Waals surface area contributed by atoms with Crippen LogP contribution in [0.3, 0.4) is 0 Å². The van der Waals surface area contributed by atoms with Crippen LogP contribution in [0.2, 0.25) is 5.02 Å². The fourth-order valence-electron chi connectivity index (χ4n) is 1.04. The Kier molecular flexibility index (Phi) is 3.15. The van der Waals surface area contributed by atoms with Crippen LogP contribution in [0.15, 0.2) is 6.07 Å². The zero-order valence-electron chi connectivity index (χ0n) is 7.04. The van der Waals surface area contributed by atoms with Gasteiger partial charge in [-0.05, 0) is 0 Å². The lowest BCUT2D eigenvalue weighted by molar-refractivity contribution is 0.176. The van der Waals surface area contributed by atoms with Gasteiger partial charge in [-0.15, -0.1) is 0 Å². The van der Waals surface area contributed by atoms with Crippen molar-refractivity contribution in [2.75, 3.05) is 6.54 Å². The van der Waals surface area contributed by atoms with Gasteiger partial charge in [0.05, 0.1) is 16.7 Å². The highest BCUT2D eigenvalue weighted by Gasteiger charge is 2.21. The van der Waals surface area contributed by atoms with Crippen molar-refractivity contribution >= 4 is 11.6 Å². The molecule has 0 amide bonds. The fraction of sp³-hybridized carbons (Fsp3) is 0.250. The molecule has 1 unspecified atom stereocenters. The first-order valence-corrected chi connectivity index (χ1v) is 4.14.